The lowest BCUT2D eigenvalue weighted by Crippen LogP contribution is -2.30. The predicted molar refractivity (Wildman–Crippen MR) is 77.3 cm³/mol. The van der Waals surface area contributed by atoms with Crippen LogP contribution in [0, 0.1) is 23.2 Å². The lowest BCUT2D eigenvalue weighted by atomic mass is 9.81. The molecule has 1 fully saturated rings. The Bertz CT molecular complexity index is 446. The summed E-state index contributed by atoms with van der Waals surface area (Å²) in [5.41, 5.74) is 1.18. The van der Waals surface area contributed by atoms with Gasteiger partial charge in [-0.1, -0.05) is 49.4 Å². The van der Waals surface area contributed by atoms with Crippen LogP contribution in [0.25, 0.3) is 6.08 Å². The van der Waals surface area contributed by atoms with Crippen LogP contribution in [0.4, 0.5) is 0 Å². The first-order chi connectivity index (χ1) is 9.29. The van der Waals surface area contributed by atoms with Gasteiger partial charge in [-0.25, -0.2) is 0 Å². The van der Waals surface area contributed by atoms with E-state index in [4.69, 9.17) is 10.00 Å². The molecule has 0 aromatic heterocycles. The van der Waals surface area contributed by atoms with Crippen LogP contribution in [0.5, 0.6) is 0 Å². The van der Waals surface area contributed by atoms with E-state index in [0.29, 0.717) is 12.5 Å². The van der Waals surface area contributed by atoms with Gasteiger partial charge in [-0.15, -0.1) is 0 Å². The lowest BCUT2D eigenvalue weighted by Gasteiger charge is -2.30. The van der Waals surface area contributed by atoms with E-state index in [1.807, 2.05) is 24.3 Å². The fraction of sp³-hybridized carbons (Fsp3) is 0.471. The molecule has 3 atom stereocenters. The molecule has 1 aromatic carbocycles. The van der Waals surface area contributed by atoms with Crippen LogP contribution in [0.1, 0.15) is 31.7 Å². The van der Waals surface area contributed by atoms with Gasteiger partial charge in [0, 0.05) is 0 Å². The number of rotatable bonds is 4. The average molecular weight is 255 g/mol. The molecule has 2 heteroatoms. The van der Waals surface area contributed by atoms with Gasteiger partial charge in [0.2, 0.25) is 0 Å². The number of nitrogens with zero attached hydrogens (tertiary/aromatic N) is 1. The smallest absolute Gasteiger partial charge is 0.0740 e. The molecular formula is C17H21NO. The maximum atomic E-state index is 9.13. The maximum Gasteiger partial charge on any atom is 0.0740 e. The lowest BCUT2D eigenvalue weighted by molar-refractivity contribution is 0.00789. The summed E-state index contributed by atoms with van der Waals surface area (Å²) in [6.07, 6.45) is 7.34. The van der Waals surface area contributed by atoms with Gasteiger partial charge in [-0.05, 0) is 30.7 Å². The third kappa shape index (κ3) is 4.22. The molecule has 1 saturated carbocycles. The number of hydrogen-bond acceptors (Lipinski definition) is 2. The van der Waals surface area contributed by atoms with Crippen molar-refractivity contribution in [1.29, 1.82) is 5.26 Å². The van der Waals surface area contributed by atoms with E-state index >= 15 is 0 Å². The van der Waals surface area contributed by atoms with E-state index in [9.17, 15) is 0 Å². The van der Waals surface area contributed by atoms with Crippen molar-refractivity contribution in [3.05, 3.63) is 42.0 Å². The number of benzene rings is 1. The molecule has 0 N–H and O–H groups in total. The van der Waals surface area contributed by atoms with E-state index in [2.05, 4.69) is 31.2 Å². The fourth-order valence-electron chi connectivity index (χ4n) is 2.59. The molecule has 2 nitrogen and oxygen atoms in total. The van der Waals surface area contributed by atoms with Crippen molar-refractivity contribution < 1.29 is 4.74 Å². The standard InChI is InChI=1S/C17H21NO/c1-14-9-10-16(13-18)17(12-14)19-11-5-8-15-6-3-2-4-7-15/h2-8,14,16-17H,9-12H2,1H3/b8-5+. The first-order valence-corrected chi connectivity index (χ1v) is 7.02. The highest BCUT2D eigenvalue weighted by Gasteiger charge is 2.28. The minimum atomic E-state index is 0.0707. The van der Waals surface area contributed by atoms with Crippen molar-refractivity contribution in [1.82, 2.24) is 0 Å². The minimum absolute atomic E-state index is 0.0707. The van der Waals surface area contributed by atoms with Crippen molar-refractivity contribution in [2.75, 3.05) is 6.61 Å². The zero-order valence-electron chi connectivity index (χ0n) is 11.5. The van der Waals surface area contributed by atoms with Gasteiger partial charge >= 0.3 is 0 Å². The molecule has 0 saturated heterocycles. The predicted octanol–water partition coefficient (Wildman–Crippen LogP) is 4.04. The zero-order chi connectivity index (χ0) is 13.5. The molecule has 0 heterocycles. The molecule has 0 spiro atoms. The van der Waals surface area contributed by atoms with Crippen LogP contribution in [0.3, 0.4) is 0 Å². The highest BCUT2D eigenvalue weighted by molar-refractivity contribution is 5.48. The van der Waals surface area contributed by atoms with E-state index in [-0.39, 0.29) is 12.0 Å². The van der Waals surface area contributed by atoms with E-state index in [1.165, 1.54) is 5.56 Å². The number of ether oxygens (including phenoxy) is 1. The van der Waals surface area contributed by atoms with Crippen LogP contribution in [0.15, 0.2) is 36.4 Å². The summed E-state index contributed by atoms with van der Waals surface area (Å²) in [6.45, 7) is 2.83. The largest absolute Gasteiger partial charge is 0.373 e. The van der Waals surface area contributed by atoms with Crippen molar-refractivity contribution in [2.45, 2.75) is 32.3 Å². The molecule has 100 valence electrons. The molecule has 0 radical (unpaired) electrons. The Hall–Kier alpha value is -1.59. The van der Waals surface area contributed by atoms with Crippen LogP contribution < -0.4 is 0 Å². The minimum Gasteiger partial charge on any atom is -0.373 e. The molecule has 1 aromatic rings. The van der Waals surface area contributed by atoms with Crippen LogP contribution in [0.2, 0.25) is 0 Å². The molecule has 0 bridgehead atoms. The summed E-state index contributed by atoms with van der Waals surface area (Å²) in [4.78, 5) is 0. The van der Waals surface area contributed by atoms with Gasteiger partial charge in [0.25, 0.3) is 0 Å². The molecule has 3 unspecified atom stereocenters. The van der Waals surface area contributed by atoms with Gasteiger partial charge in [0.15, 0.2) is 0 Å². The topological polar surface area (TPSA) is 33.0 Å². The summed E-state index contributed by atoms with van der Waals surface area (Å²) < 4.78 is 5.87. The SMILES string of the molecule is CC1CCC(C#N)C(OC/C=C/c2ccccc2)C1. The quantitative estimate of drug-likeness (QED) is 0.813. The monoisotopic (exact) mass is 255 g/mol. The molecular weight excluding hydrogens is 234 g/mol. The molecule has 1 aliphatic carbocycles. The first kappa shape index (κ1) is 13.8. The number of nitriles is 1. The Labute approximate surface area is 115 Å². The van der Waals surface area contributed by atoms with Crippen molar-refractivity contribution >= 4 is 6.08 Å². The zero-order valence-corrected chi connectivity index (χ0v) is 11.5. The second-order valence-corrected chi connectivity index (χ2v) is 5.34. The van der Waals surface area contributed by atoms with Crippen molar-refractivity contribution in [2.24, 2.45) is 11.8 Å². The Morgan fingerprint density at radius 2 is 2.11 bits per heavy atom. The fourth-order valence-corrected chi connectivity index (χ4v) is 2.59. The van der Waals surface area contributed by atoms with Gasteiger partial charge in [-0.3, -0.25) is 0 Å². The molecule has 19 heavy (non-hydrogen) atoms. The Morgan fingerprint density at radius 3 is 2.84 bits per heavy atom. The maximum absolute atomic E-state index is 9.13. The first-order valence-electron chi connectivity index (χ1n) is 7.02. The van der Waals surface area contributed by atoms with Gasteiger partial charge < -0.3 is 4.74 Å². The Morgan fingerprint density at radius 1 is 1.32 bits per heavy atom. The third-order valence-corrected chi connectivity index (χ3v) is 3.74. The molecule has 0 aliphatic heterocycles. The summed E-state index contributed by atoms with van der Waals surface area (Å²) in [7, 11) is 0. The van der Waals surface area contributed by atoms with Gasteiger partial charge in [0.05, 0.1) is 24.7 Å². The summed E-state index contributed by atoms with van der Waals surface area (Å²) in [5, 5.41) is 9.13. The average Bonchev–Trinajstić information content (AvgIpc) is 2.45. The van der Waals surface area contributed by atoms with Gasteiger partial charge in [0.1, 0.15) is 0 Å². The normalized spacial score (nSPS) is 27.3. The summed E-state index contributed by atoms with van der Waals surface area (Å²) >= 11 is 0. The second-order valence-electron chi connectivity index (χ2n) is 5.34. The van der Waals surface area contributed by atoms with Crippen molar-refractivity contribution in [3.63, 3.8) is 0 Å². The van der Waals surface area contributed by atoms with Crippen molar-refractivity contribution in [3.8, 4) is 6.07 Å². The Balaban J connectivity index is 1.81. The molecule has 2 rings (SSSR count). The Kier molecular flexibility index (Phi) is 5.18. The number of hydrogen-bond donors (Lipinski definition) is 0. The summed E-state index contributed by atoms with van der Waals surface area (Å²) in [5.74, 6) is 0.744. The second kappa shape index (κ2) is 7.11. The van der Waals surface area contributed by atoms with Crippen LogP contribution >= 0.6 is 0 Å². The third-order valence-electron chi connectivity index (χ3n) is 3.74. The van der Waals surface area contributed by atoms with Gasteiger partial charge in [-0.2, -0.15) is 5.26 Å². The highest BCUT2D eigenvalue weighted by atomic mass is 16.5. The van der Waals surface area contributed by atoms with Crippen LogP contribution in [-0.4, -0.2) is 12.7 Å². The molecule has 1 aliphatic rings. The van der Waals surface area contributed by atoms with E-state index in [0.717, 1.165) is 19.3 Å². The highest BCUT2D eigenvalue weighted by Crippen LogP contribution is 2.30. The van der Waals surface area contributed by atoms with E-state index < -0.39 is 0 Å². The van der Waals surface area contributed by atoms with E-state index in [1.54, 1.807) is 0 Å². The molecule has 0 amide bonds. The van der Waals surface area contributed by atoms with Crippen LogP contribution in [-0.2, 0) is 4.74 Å². The summed E-state index contributed by atoms with van der Waals surface area (Å²) in [6, 6.07) is 12.6.